The van der Waals surface area contributed by atoms with Gasteiger partial charge in [0.2, 0.25) is 0 Å². The minimum absolute atomic E-state index is 0.716. The first-order valence-electron chi connectivity index (χ1n) is 4.75. The van der Waals surface area contributed by atoms with Crippen molar-refractivity contribution in [2.45, 2.75) is 6.54 Å². The molecule has 2 N–H and O–H groups in total. The topological polar surface area (TPSA) is 37.0 Å². The molecule has 1 aromatic heterocycles. The summed E-state index contributed by atoms with van der Waals surface area (Å²) in [6.07, 6.45) is 1.95. The molecule has 80 valence electrons. The third-order valence-electron chi connectivity index (χ3n) is 2.42. The van der Waals surface area contributed by atoms with Gasteiger partial charge in [-0.05, 0) is 24.7 Å². The number of hydrogen-bond donors (Lipinski definition) is 2. The van der Waals surface area contributed by atoms with Crippen LogP contribution in [0, 0.1) is 0 Å². The molecule has 0 spiro atoms. The number of methoxy groups -OCH3 is 1. The largest absolute Gasteiger partial charge is 0.496 e. The van der Waals surface area contributed by atoms with Crippen molar-refractivity contribution >= 4 is 22.5 Å². The summed E-state index contributed by atoms with van der Waals surface area (Å²) in [5.41, 5.74) is 2.09. The van der Waals surface area contributed by atoms with E-state index in [-0.39, 0.29) is 0 Å². The smallest absolute Gasteiger partial charge is 0.128 e. The highest BCUT2D eigenvalue weighted by Crippen LogP contribution is 2.33. The number of benzene rings is 1. The molecule has 0 bridgehead atoms. The maximum atomic E-state index is 6.09. The second kappa shape index (κ2) is 4.13. The van der Waals surface area contributed by atoms with Gasteiger partial charge in [0.25, 0.3) is 0 Å². The van der Waals surface area contributed by atoms with Gasteiger partial charge < -0.3 is 15.0 Å². The highest BCUT2D eigenvalue weighted by molar-refractivity contribution is 6.35. The first kappa shape index (κ1) is 10.3. The Kier molecular flexibility index (Phi) is 2.84. The summed E-state index contributed by atoms with van der Waals surface area (Å²) in [4.78, 5) is 3.16. The van der Waals surface area contributed by atoms with Gasteiger partial charge in [-0.25, -0.2) is 0 Å². The Labute approximate surface area is 93.4 Å². The van der Waals surface area contributed by atoms with Crippen LogP contribution in [0.15, 0.2) is 18.3 Å². The van der Waals surface area contributed by atoms with Crippen LogP contribution < -0.4 is 10.1 Å². The molecule has 0 aliphatic carbocycles. The van der Waals surface area contributed by atoms with Gasteiger partial charge in [0, 0.05) is 18.1 Å². The van der Waals surface area contributed by atoms with Crippen LogP contribution in [-0.4, -0.2) is 19.1 Å². The van der Waals surface area contributed by atoms with Crippen LogP contribution in [-0.2, 0) is 6.54 Å². The summed E-state index contributed by atoms with van der Waals surface area (Å²) in [5, 5.41) is 4.89. The van der Waals surface area contributed by atoms with Crippen molar-refractivity contribution in [3.8, 4) is 5.75 Å². The van der Waals surface area contributed by atoms with Crippen molar-refractivity contribution in [1.82, 2.24) is 10.3 Å². The van der Waals surface area contributed by atoms with E-state index in [1.807, 2.05) is 25.4 Å². The number of H-pyrrole nitrogens is 1. The number of hydrogen-bond acceptors (Lipinski definition) is 2. The lowest BCUT2D eigenvalue weighted by atomic mass is 10.1. The van der Waals surface area contributed by atoms with E-state index in [0.29, 0.717) is 5.02 Å². The van der Waals surface area contributed by atoms with Gasteiger partial charge in [0.05, 0.1) is 17.6 Å². The van der Waals surface area contributed by atoms with Crippen LogP contribution in [0.5, 0.6) is 5.75 Å². The zero-order valence-electron chi connectivity index (χ0n) is 8.73. The molecule has 0 radical (unpaired) electrons. The van der Waals surface area contributed by atoms with Gasteiger partial charge in [0.15, 0.2) is 0 Å². The normalized spacial score (nSPS) is 10.9. The van der Waals surface area contributed by atoms with Crippen LogP contribution >= 0.6 is 11.6 Å². The van der Waals surface area contributed by atoms with Gasteiger partial charge in [0.1, 0.15) is 5.75 Å². The minimum Gasteiger partial charge on any atom is -0.496 e. The summed E-state index contributed by atoms with van der Waals surface area (Å²) < 4.78 is 5.32. The van der Waals surface area contributed by atoms with Crippen LogP contribution in [0.3, 0.4) is 0 Å². The van der Waals surface area contributed by atoms with Crippen LogP contribution in [0.25, 0.3) is 10.9 Å². The van der Waals surface area contributed by atoms with Crippen molar-refractivity contribution in [1.29, 1.82) is 0 Å². The zero-order valence-corrected chi connectivity index (χ0v) is 9.48. The molecule has 0 amide bonds. The molecular formula is C11H13ClN2O. The summed E-state index contributed by atoms with van der Waals surface area (Å²) >= 11 is 6.09. The summed E-state index contributed by atoms with van der Waals surface area (Å²) in [6.45, 7) is 0.788. The average molecular weight is 225 g/mol. The number of halogens is 1. The maximum Gasteiger partial charge on any atom is 0.128 e. The van der Waals surface area contributed by atoms with Gasteiger partial charge in [-0.2, -0.15) is 0 Å². The number of aromatic amines is 1. The average Bonchev–Trinajstić information content (AvgIpc) is 2.65. The Morgan fingerprint density at radius 2 is 2.27 bits per heavy atom. The van der Waals surface area contributed by atoms with Crippen molar-refractivity contribution in [2.24, 2.45) is 0 Å². The van der Waals surface area contributed by atoms with Crippen LogP contribution in [0.1, 0.15) is 5.56 Å². The van der Waals surface area contributed by atoms with E-state index in [9.17, 15) is 0 Å². The van der Waals surface area contributed by atoms with E-state index < -0.39 is 0 Å². The number of fused-ring (bicyclic) bond motifs is 1. The Hall–Kier alpha value is -1.19. The lowest BCUT2D eigenvalue weighted by Crippen LogP contribution is -2.04. The van der Waals surface area contributed by atoms with E-state index in [1.165, 1.54) is 0 Å². The first-order chi connectivity index (χ1) is 7.27. The van der Waals surface area contributed by atoms with E-state index in [4.69, 9.17) is 16.3 Å². The molecule has 0 aliphatic rings. The quantitative estimate of drug-likeness (QED) is 0.841. The van der Waals surface area contributed by atoms with Crippen molar-refractivity contribution in [3.05, 3.63) is 28.9 Å². The van der Waals surface area contributed by atoms with E-state index in [0.717, 1.165) is 28.8 Å². The standard InChI is InChI=1S/C11H13ClN2O/c1-13-5-7-6-14-11-8(12)3-4-9(15-2)10(7)11/h3-4,6,13-14H,5H2,1-2H3. The molecule has 1 heterocycles. The molecule has 2 rings (SSSR count). The molecule has 2 aromatic rings. The lowest BCUT2D eigenvalue weighted by Gasteiger charge is -2.05. The molecule has 0 atom stereocenters. The van der Waals surface area contributed by atoms with Gasteiger partial charge in [-0.15, -0.1) is 0 Å². The molecule has 15 heavy (non-hydrogen) atoms. The second-order valence-electron chi connectivity index (χ2n) is 3.34. The van der Waals surface area contributed by atoms with Crippen LogP contribution in [0.4, 0.5) is 0 Å². The molecule has 0 aliphatic heterocycles. The maximum absolute atomic E-state index is 6.09. The van der Waals surface area contributed by atoms with Crippen LogP contribution in [0.2, 0.25) is 5.02 Å². The number of nitrogens with one attached hydrogen (secondary N) is 2. The Balaban J connectivity index is 2.69. The number of ether oxygens (including phenoxy) is 1. The summed E-state index contributed by atoms with van der Waals surface area (Å²) in [7, 11) is 3.58. The third-order valence-corrected chi connectivity index (χ3v) is 2.73. The van der Waals surface area contributed by atoms with E-state index >= 15 is 0 Å². The molecule has 1 aromatic carbocycles. The monoisotopic (exact) mass is 224 g/mol. The molecule has 3 nitrogen and oxygen atoms in total. The third kappa shape index (κ3) is 1.68. The predicted octanol–water partition coefficient (Wildman–Crippen LogP) is 2.55. The molecule has 0 fully saturated rings. The molecule has 0 saturated carbocycles. The Morgan fingerprint density at radius 1 is 1.47 bits per heavy atom. The van der Waals surface area contributed by atoms with E-state index in [2.05, 4.69) is 10.3 Å². The van der Waals surface area contributed by atoms with Crippen molar-refractivity contribution in [3.63, 3.8) is 0 Å². The fraction of sp³-hybridized carbons (Fsp3) is 0.273. The zero-order chi connectivity index (χ0) is 10.8. The highest BCUT2D eigenvalue weighted by atomic mass is 35.5. The first-order valence-corrected chi connectivity index (χ1v) is 5.12. The van der Waals surface area contributed by atoms with E-state index in [1.54, 1.807) is 7.11 Å². The molecule has 0 saturated heterocycles. The fourth-order valence-electron chi connectivity index (χ4n) is 1.75. The summed E-state index contributed by atoms with van der Waals surface area (Å²) in [6, 6.07) is 3.72. The molecular weight excluding hydrogens is 212 g/mol. The number of rotatable bonds is 3. The SMILES string of the molecule is CNCc1c[nH]c2c(Cl)ccc(OC)c12. The Bertz CT molecular complexity index is 479. The van der Waals surface area contributed by atoms with Crippen molar-refractivity contribution < 1.29 is 4.74 Å². The second-order valence-corrected chi connectivity index (χ2v) is 3.75. The lowest BCUT2D eigenvalue weighted by molar-refractivity contribution is 0.419. The molecule has 4 heteroatoms. The summed E-state index contributed by atoms with van der Waals surface area (Å²) in [5.74, 6) is 0.848. The van der Waals surface area contributed by atoms with Gasteiger partial charge >= 0.3 is 0 Å². The van der Waals surface area contributed by atoms with Gasteiger partial charge in [-0.3, -0.25) is 0 Å². The Morgan fingerprint density at radius 3 is 2.93 bits per heavy atom. The minimum atomic E-state index is 0.716. The highest BCUT2D eigenvalue weighted by Gasteiger charge is 2.11. The van der Waals surface area contributed by atoms with Crippen molar-refractivity contribution in [2.75, 3.05) is 14.2 Å². The molecule has 0 unspecified atom stereocenters. The predicted molar refractivity (Wildman–Crippen MR) is 62.6 cm³/mol. The van der Waals surface area contributed by atoms with Gasteiger partial charge in [-0.1, -0.05) is 11.6 Å². The fourth-order valence-corrected chi connectivity index (χ4v) is 1.96. The number of aromatic nitrogens is 1.